The van der Waals surface area contributed by atoms with Gasteiger partial charge in [-0.25, -0.2) is 13.2 Å². The average molecular weight is 233 g/mol. The Morgan fingerprint density at radius 2 is 1.21 bits per heavy atom. The van der Waals surface area contributed by atoms with Crippen LogP contribution >= 0.6 is 0 Å². The number of halogens is 9. The SMILES string of the molecule is F[C](F)C(F)(F)C(F)(F)C(F)C(F)F. The van der Waals surface area contributed by atoms with Gasteiger partial charge in [0, 0.05) is 0 Å². The summed E-state index contributed by atoms with van der Waals surface area (Å²) in [6.07, 6.45) is -13.2. The zero-order valence-corrected chi connectivity index (χ0v) is 6.06. The molecule has 0 aromatic heterocycles. The zero-order valence-electron chi connectivity index (χ0n) is 6.06. The summed E-state index contributed by atoms with van der Waals surface area (Å²) in [5, 5.41) is 0. The van der Waals surface area contributed by atoms with Crippen LogP contribution in [0.3, 0.4) is 0 Å². The first-order valence-electron chi connectivity index (χ1n) is 2.91. The first-order chi connectivity index (χ1) is 6.05. The van der Waals surface area contributed by atoms with Gasteiger partial charge in [0.2, 0.25) is 6.17 Å². The van der Waals surface area contributed by atoms with E-state index in [4.69, 9.17) is 0 Å². The summed E-state index contributed by atoms with van der Waals surface area (Å²) in [6, 6.07) is 0. The van der Waals surface area contributed by atoms with Crippen molar-refractivity contribution in [2.24, 2.45) is 0 Å². The second-order valence-corrected chi connectivity index (χ2v) is 2.19. The molecule has 0 heterocycles. The molecule has 0 saturated carbocycles. The zero-order chi connectivity index (χ0) is 11.7. The monoisotopic (exact) mass is 233 g/mol. The summed E-state index contributed by atoms with van der Waals surface area (Å²) in [5.41, 5.74) is 0. The molecule has 14 heavy (non-hydrogen) atoms. The topological polar surface area (TPSA) is 0 Å². The van der Waals surface area contributed by atoms with Gasteiger partial charge in [0.15, 0.2) is 0 Å². The Balaban J connectivity index is 4.93. The van der Waals surface area contributed by atoms with E-state index in [0.717, 1.165) is 0 Å². The third-order valence-electron chi connectivity index (χ3n) is 1.22. The van der Waals surface area contributed by atoms with Crippen molar-refractivity contribution in [2.45, 2.75) is 24.4 Å². The lowest BCUT2D eigenvalue weighted by atomic mass is 10.1. The molecule has 1 radical (unpaired) electrons. The Hall–Kier alpha value is -0.630. The fourth-order valence-corrected chi connectivity index (χ4v) is 0.457. The molecule has 0 fully saturated rings. The maximum absolute atomic E-state index is 12.0. The van der Waals surface area contributed by atoms with E-state index in [1.54, 1.807) is 0 Å². The van der Waals surface area contributed by atoms with Crippen molar-refractivity contribution in [3.05, 3.63) is 6.43 Å². The summed E-state index contributed by atoms with van der Waals surface area (Å²) in [7, 11) is 0. The molecule has 0 spiro atoms. The van der Waals surface area contributed by atoms with E-state index in [1.165, 1.54) is 0 Å². The van der Waals surface area contributed by atoms with Crippen molar-refractivity contribution < 1.29 is 39.5 Å². The van der Waals surface area contributed by atoms with Crippen molar-refractivity contribution in [1.82, 2.24) is 0 Å². The van der Waals surface area contributed by atoms with Crippen molar-refractivity contribution >= 4 is 0 Å². The molecule has 0 N–H and O–H groups in total. The molecule has 9 heteroatoms. The quantitative estimate of drug-likeness (QED) is 0.653. The molecule has 0 aromatic rings. The minimum atomic E-state index is -6.21. The number of rotatable bonds is 4. The van der Waals surface area contributed by atoms with Gasteiger partial charge in [-0.15, -0.1) is 0 Å². The van der Waals surface area contributed by atoms with E-state index in [-0.39, 0.29) is 0 Å². The van der Waals surface area contributed by atoms with Crippen LogP contribution in [0.2, 0.25) is 0 Å². The summed E-state index contributed by atoms with van der Waals surface area (Å²) < 4.78 is 104. The van der Waals surface area contributed by atoms with Gasteiger partial charge in [-0.3, -0.25) is 0 Å². The smallest absolute Gasteiger partial charge is 0.234 e. The molecular weight excluding hydrogens is 231 g/mol. The number of hydrogen-bond donors (Lipinski definition) is 0. The third-order valence-corrected chi connectivity index (χ3v) is 1.22. The highest BCUT2D eigenvalue weighted by molar-refractivity contribution is 5.00. The highest BCUT2D eigenvalue weighted by Gasteiger charge is 2.70. The molecule has 1 atom stereocenters. The van der Waals surface area contributed by atoms with Gasteiger partial charge in [-0.2, -0.15) is 26.3 Å². The summed E-state index contributed by atoms with van der Waals surface area (Å²) in [6.45, 7) is 0. The highest BCUT2D eigenvalue weighted by atomic mass is 19.3. The standard InChI is InChI=1S/C5H2F9/c6-1(2(7)8)4(11,12)5(13,14)3(9)10/h1-2H. The lowest BCUT2D eigenvalue weighted by molar-refractivity contribution is -0.269. The lowest BCUT2D eigenvalue weighted by Crippen LogP contribution is -2.52. The Morgan fingerprint density at radius 3 is 1.43 bits per heavy atom. The van der Waals surface area contributed by atoms with Crippen LogP contribution in [0.25, 0.3) is 0 Å². The molecule has 0 aliphatic carbocycles. The second kappa shape index (κ2) is 3.85. The van der Waals surface area contributed by atoms with Crippen LogP contribution in [0.5, 0.6) is 0 Å². The van der Waals surface area contributed by atoms with E-state index < -0.39 is 30.9 Å². The van der Waals surface area contributed by atoms with Crippen molar-refractivity contribution in [3.8, 4) is 0 Å². The van der Waals surface area contributed by atoms with Gasteiger partial charge >= 0.3 is 18.3 Å². The van der Waals surface area contributed by atoms with Gasteiger partial charge < -0.3 is 0 Å². The van der Waals surface area contributed by atoms with Crippen molar-refractivity contribution in [2.75, 3.05) is 0 Å². The summed E-state index contributed by atoms with van der Waals surface area (Å²) >= 11 is 0. The van der Waals surface area contributed by atoms with Crippen LogP contribution < -0.4 is 0 Å². The first kappa shape index (κ1) is 13.4. The summed E-state index contributed by atoms with van der Waals surface area (Å²) in [5.74, 6) is -12.3. The molecule has 0 bridgehead atoms. The van der Waals surface area contributed by atoms with Crippen LogP contribution in [0.4, 0.5) is 39.5 Å². The lowest BCUT2D eigenvalue weighted by Gasteiger charge is -2.26. The fraction of sp³-hybridized carbons (Fsp3) is 0.800. The van der Waals surface area contributed by atoms with Gasteiger partial charge in [0.25, 0.3) is 6.43 Å². The predicted molar refractivity (Wildman–Crippen MR) is 26.3 cm³/mol. The molecular formula is C5H2F9. The average Bonchev–Trinajstić information content (AvgIpc) is 2.01. The number of alkyl halides is 7. The van der Waals surface area contributed by atoms with Crippen LogP contribution in [0, 0.1) is 6.43 Å². The van der Waals surface area contributed by atoms with Crippen LogP contribution in [0.15, 0.2) is 0 Å². The maximum atomic E-state index is 12.0. The molecule has 1 unspecified atom stereocenters. The number of hydrogen-bond acceptors (Lipinski definition) is 0. The van der Waals surface area contributed by atoms with Gasteiger partial charge in [0.1, 0.15) is 0 Å². The van der Waals surface area contributed by atoms with E-state index in [0.29, 0.717) is 0 Å². The van der Waals surface area contributed by atoms with Gasteiger partial charge in [-0.05, 0) is 0 Å². The van der Waals surface area contributed by atoms with Gasteiger partial charge in [-0.1, -0.05) is 0 Å². The molecule has 85 valence electrons. The normalized spacial score (nSPS) is 16.5. The molecule has 0 nitrogen and oxygen atoms in total. The van der Waals surface area contributed by atoms with Crippen molar-refractivity contribution in [3.63, 3.8) is 0 Å². The Bertz CT molecular complexity index is 186. The van der Waals surface area contributed by atoms with E-state index in [9.17, 15) is 39.5 Å². The van der Waals surface area contributed by atoms with Crippen molar-refractivity contribution in [1.29, 1.82) is 0 Å². The second-order valence-electron chi connectivity index (χ2n) is 2.19. The highest BCUT2D eigenvalue weighted by Crippen LogP contribution is 2.46. The Morgan fingerprint density at radius 1 is 0.857 bits per heavy atom. The molecule has 0 rings (SSSR count). The third kappa shape index (κ3) is 2.06. The minimum Gasteiger partial charge on any atom is -0.234 e. The molecule has 0 aromatic carbocycles. The molecule has 0 aliphatic heterocycles. The fourth-order valence-electron chi connectivity index (χ4n) is 0.457. The minimum absolute atomic E-state index is 4.12. The van der Waals surface area contributed by atoms with Crippen LogP contribution in [-0.4, -0.2) is 24.4 Å². The van der Waals surface area contributed by atoms with Gasteiger partial charge in [0.05, 0.1) is 0 Å². The largest absolute Gasteiger partial charge is 0.384 e. The molecule has 0 amide bonds. The predicted octanol–water partition coefficient (Wildman–Crippen LogP) is 3.29. The molecule has 0 saturated heterocycles. The summed E-state index contributed by atoms with van der Waals surface area (Å²) in [4.78, 5) is 0. The van der Waals surface area contributed by atoms with E-state index >= 15 is 0 Å². The Labute approximate surface area is 71.7 Å². The first-order valence-corrected chi connectivity index (χ1v) is 2.91. The van der Waals surface area contributed by atoms with E-state index in [1.807, 2.05) is 0 Å². The van der Waals surface area contributed by atoms with E-state index in [2.05, 4.69) is 0 Å². The maximum Gasteiger partial charge on any atom is 0.384 e. The molecule has 0 aliphatic rings. The van der Waals surface area contributed by atoms with Crippen LogP contribution in [-0.2, 0) is 0 Å². The Kier molecular flexibility index (Phi) is 3.68. The van der Waals surface area contributed by atoms with Crippen LogP contribution in [0.1, 0.15) is 0 Å².